The van der Waals surface area contributed by atoms with E-state index < -0.39 is 0 Å². The summed E-state index contributed by atoms with van der Waals surface area (Å²) < 4.78 is -0.0125. The van der Waals surface area contributed by atoms with Crippen molar-refractivity contribution < 1.29 is 0 Å². The molecule has 0 fully saturated rings. The minimum absolute atomic E-state index is 0.0125. The largest absolute Gasteiger partial charge is 0.375 e. The van der Waals surface area contributed by atoms with E-state index in [0.29, 0.717) is 0 Å². The van der Waals surface area contributed by atoms with Crippen molar-refractivity contribution in [1.82, 2.24) is 0 Å². The van der Waals surface area contributed by atoms with Gasteiger partial charge in [0.15, 0.2) is 0 Å². The van der Waals surface area contributed by atoms with Crippen LogP contribution in [0.1, 0.15) is 19.8 Å². The molecule has 8 heavy (non-hydrogen) atoms. The third-order valence-electron chi connectivity index (χ3n) is 0.753. The first-order valence-corrected chi connectivity index (χ1v) is 4.71. The first-order valence-electron chi connectivity index (χ1n) is 2.71. The van der Waals surface area contributed by atoms with Crippen molar-refractivity contribution in [2.75, 3.05) is 5.75 Å². The van der Waals surface area contributed by atoms with Crippen molar-refractivity contribution in [3.05, 3.63) is 0 Å². The molecule has 0 saturated carbocycles. The van der Waals surface area contributed by atoms with Gasteiger partial charge in [-0.05, 0) is 12.2 Å². The fourth-order valence-electron chi connectivity index (χ4n) is 0.325. The van der Waals surface area contributed by atoms with Crippen LogP contribution in [0.5, 0.6) is 0 Å². The molecule has 0 unspecified atom stereocenters. The van der Waals surface area contributed by atoms with Gasteiger partial charge in [0.2, 0.25) is 0 Å². The fourth-order valence-corrected chi connectivity index (χ4v) is 1.56. The van der Waals surface area contributed by atoms with Crippen LogP contribution in [0, 0.1) is 0 Å². The molecule has 0 aliphatic rings. The predicted octanol–water partition coefficient (Wildman–Crippen LogP) is 2.67. The summed E-state index contributed by atoms with van der Waals surface area (Å²) in [5, 5.41) is 0. The summed E-state index contributed by atoms with van der Waals surface area (Å²) in [7, 11) is 0. The van der Waals surface area contributed by atoms with Gasteiger partial charge in [-0.25, -0.2) is 0 Å². The molecule has 0 aromatic carbocycles. The Balaban J connectivity index is 2.72. The van der Waals surface area contributed by atoms with Crippen molar-refractivity contribution in [3.8, 4) is 0 Å². The maximum Gasteiger partial charge on any atom is 0.375 e. The van der Waals surface area contributed by atoms with Gasteiger partial charge in [0.05, 0.1) is 0 Å². The molecule has 0 atom stereocenters. The van der Waals surface area contributed by atoms with Crippen molar-refractivity contribution in [1.29, 1.82) is 0 Å². The highest BCUT2D eigenvalue weighted by Gasteiger charge is 2.00. The maximum atomic E-state index is 5.54. The topological polar surface area (TPSA) is 0 Å². The van der Waals surface area contributed by atoms with Gasteiger partial charge < -0.3 is 0 Å². The second-order valence-corrected chi connectivity index (χ2v) is 4.59. The number of halogens is 1. The smallest absolute Gasteiger partial charge is 0.196 e. The molecule has 0 aliphatic heterocycles. The summed E-state index contributed by atoms with van der Waals surface area (Å²) in [6.07, 6.45) is 2.48. The standard InChI is InChI=1S/C4H10BClS2/c1-2-3-4-8-5(6)7/h7H,2-4H2,1H3. The van der Waals surface area contributed by atoms with E-state index in [9.17, 15) is 0 Å². The molecule has 0 aliphatic carbocycles. The quantitative estimate of drug-likeness (QED) is 0.383. The van der Waals surface area contributed by atoms with Crippen LogP contribution in [-0.2, 0) is 0 Å². The lowest BCUT2D eigenvalue weighted by Crippen LogP contribution is -1.87. The van der Waals surface area contributed by atoms with Crippen LogP contribution in [0.3, 0.4) is 0 Å². The molecule has 0 bridgehead atoms. The van der Waals surface area contributed by atoms with Gasteiger partial charge in [-0.3, -0.25) is 0 Å². The molecule has 4 heteroatoms. The molecule has 0 rings (SSSR count). The normalized spacial score (nSPS) is 9.38. The third-order valence-corrected chi connectivity index (χ3v) is 2.38. The van der Waals surface area contributed by atoms with E-state index in [1.165, 1.54) is 12.8 Å². The molecule has 0 nitrogen and oxygen atoms in total. The van der Waals surface area contributed by atoms with Gasteiger partial charge >= 0.3 is 4.69 Å². The Kier molecular flexibility index (Phi) is 6.99. The minimum atomic E-state index is -0.0125. The van der Waals surface area contributed by atoms with E-state index in [1.54, 1.807) is 11.6 Å². The first kappa shape index (κ1) is 9.05. The molecule has 0 radical (unpaired) electrons. The highest BCUT2D eigenvalue weighted by atomic mass is 35.5. The zero-order valence-electron chi connectivity index (χ0n) is 4.93. The summed E-state index contributed by atoms with van der Waals surface area (Å²) in [4.78, 5) is 0. The van der Waals surface area contributed by atoms with Gasteiger partial charge in [-0.2, -0.15) is 35.6 Å². The Labute approximate surface area is 66.0 Å². The number of unbranched alkanes of at least 4 members (excludes halogenated alkanes) is 1. The van der Waals surface area contributed by atoms with E-state index >= 15 is 0 Å². The van der Waals surface area contributed by atoms with E-state index in [4.69, 9.17) is 11.5 Å². The number of hydrogen-bond donors (Lipinski definition) is 1. The Morgan fingerprint density at radius 1 is 1.75 bits per heavy atom. The lowest BCUT2D eigenvalue weighted by atomic mass is 10.4. The number of rotatable bonds is 4. The van der Waals surface area contributed by atoms with E-state index in [0.717, 1.165) is 5.75 Å². The SMILES string of the molecule is CCCCSB(S)Cl. The second-order valence-electron chi connectivity index (χ2n) is 1.52. The highest BCUT2D eigenvalue weighted by molar-refractivity contribution is 8.53. The van der Waals surface area contributed by atoms with Crippen molar-refractivity contribution in [2.45, 2.75) is 19.8 Å². The van der Waals surface area contributed by atoms with Gasteiger partial charge in [-0.15, -0.1) is 0 Å². The Morgan fingerprint density at radius 3 is 2.75 bits per heavy atom. The predicted molar refractivity (Wildman–Crippen MR) is 48.0 cm³/mol. The Morgan fingerprint density at radius 2 is 2.38 bits per heavy atom. The molecular weight excluding hydrogens is 158 g/mol. The molecule has 48 valence electrons. The minimum Gasteiger partial charge on any atom is -0.196 e. The van der Waals surface area contributed by atoms with Crippen LogP contribution in [0.4, 0.5) is 0 Å². The fraction of sp³-hybridized carbons (Fsp3) is 1.00. The van der Waals surface area contributed by atoms with Crippen LogP contribution >= 0.6 is 35.6 Å². The Hall–Kier alpha value is 1.05. The molecule has 0 N–H and O–H groups in total. The summed E-state index contributed by atoms with van der Waals surface area (Å²) in [5.74, 6) is 1.13. The van der Waals surface area contributed by atoms with Crippen LogP contribution < -0.4 is 0 Å². The van der Waals surface area contributed by atoms with E-state index in [2.05, 4.69) is 19.4 Å². The molecule has 0 aromatic heterocycles. The second kappa shape index (κ2) is 6.18. The summed E-state index contributed by atoms with van der Waals surface area (Å²) in [6, 6.07) is 0. The van der Waals surface area contributed by atoms with E-state index in [1.807, 2.05) is 0 Å². The first-order chi connectivity index (χ1) is 3.77. The summed E-state index contributed by atoms with van der Waals surface area (Å²) in [5.41, 5.74) is 0. The van der Waals surface area contributed by atoms with Crippen molar-refractivity contribution in [2.24, 2.45) is 0 Å². The van der Waals surface area contributed by atoms with Crippen LogP contribution in [-0.4, -0.2) is 10.4 Å². The van der Waals surface area contributed by atoms with Crippen molar-refractivity contribution >= 4 is 40.2 Å². The van der Waals surface area contributed by atoms with Crippen LogP contribution in [0.15, 0.2) is 0 Å². The molecular formula is C4H10BClS2. The average molecular weight is 169 g/mol. The molecule has 0 aromatic rings. The zero-order chi connectivity index (χ0) is 6.41. The molecule has 0 spiro atoms. The maximum absolute atomic E-state index is 5.54. The lowest BCUT2D eigenvalue weighted by Gasteiger charge is -1.95. The molecule has 0 amide bonds. The van der Waals surface area contributed by atoms with Crippen LogP contribution in [0.25, 0.3) is 0 Å². The average Bonchev–Trinajstić information content (AvgIpc) is 1.66. The van der Waals surface area contributed by atoms with Crippen LogP contribution in [0.2, 0.25) is 0 Å². The summed E-state index contributed by atoms with van der Waals surface area (Å²) >= 11 is 11.2. The number of thiol groups is 1. The van der Waals surface area contributed by atoms with Gasteiger partial charge in [0, 0.05) is 0 Å². The van der Waals surface area contributed by atoms with Gasteiger partial charge in [0.1, 0.15) is 0 Å². The van der Waals surface area contributed by atoms with Gasteiger partial charge in [-0.1, -0.05) is 13.3 Å². The molecule has 0 heterocycles. The zero-order valence-corrected chi connectivity index (χ0v) is 7.40. The number of hydrogen-bond acceptors (Lipinski definition) is 2. The van der Waals surface area contributed by atoms with Crippen molar-refractivity contribution in [3.63, 3.8) is 0 Å². The van der Waals surface area contributed by atoms with E-state index in [-0.39, 0.29) is 4.69 Å². The van der Waals surface area contributed by atoms with Gasteiger partial charge in [0.25, 0.3) is 0 Å². The monoisotopic (exact) mass is 168 g/mol. The third kappa shape index (κ3) is 7.05. The molecule has 0 saturated heterocycles. The lowest BCUT2D eigenvalue weighted by molar-refractivity contribution is 0.898. The highest BCUT2D eigenvalue weighted by Crippen LogP contribution is 2.14. The summed E-state index contributed by atoms with van der Waals surface area (Å²) in [6.45, 7) is 2.17. The Bertz CT molecular complexity index is 51.3.